The maximum atomic E-state index is 6.16. The van der Waals surface area contributed by atoms with Gasteiger partial charge in [0.05, 0.1) is 45.0 Å². The first-order chi connectivity index (χ1) is 37.1. The van der Waals surface area contributed by atoms with Crippen LogP contribution in [-0.2, 0) is 62.2 Å². The molecule has 0 saturated carbocycles. The molecule has 0 radical (unpaired) electrons. The van der Waals surface area contributed by atoms with Crippen LogP contribution in [0.4, 0.5) is 0 Å². The van der Waals surface area contributed by atoms with Gasteiger partial charge in [0, 0.05) is 75.0 Å². The van der Waals surface area contributed by atoms with E-state index in [0.717, 1.165) is 155 Å². The van der Waals surface area contributed by atoms with Crippen LogP contribution in [0, 0.1) is 0 Å². The van der Waals surface area contributed by atoms with E-state index in [4.69, 9.17) is 38.9 Å². The molecule has 2 aliphatic heterocycles. The number of aromatic nitrogens is 8. The van der Waals surface area contributed by atoms with Gasteiger partial charge in [-0.15, -0.1) is 22.1 Å². The maximum Gasteiger partial charge on any atom is 3.00 e. The zero-order chi connectivity index (χ0) is 51.6. The fourth-order valence-corrected chi connectivity index (χ4v) is 9.67. The Morgan fingerprint density at radius 3 is 0.882 bits per heavy atom. The van der Waals surface area contributed by atoms with Crippen molar-refractivity contribution in [2.45, 2.75) is 98.8 Å². The molecule has 76 heavy (non-hydrogen) atoms. The first-order valence-electron chi connectivity index (χ1n) is 27.4. The Hall–Kier alpha value is -6.44. The third kappa shape index (κ3) is 13.6. The molecular formula is C63H74MnN8O4+5. The minimum Gasteiger partial charge on any atom is -0.656 e. The molecule has 9 heterocycles. The molecular weight excluding hydrogens is 988 g/mol. The summed E-state index contributed by atoms with van der Waals surface area (Å²) >= 11 is 0. The average Bonchev–Trinajstić information content (AvgIpc) is 4.32. The van der Waals surface area contributed by atoms with Gasteiger partial charge < -0.3 is 28.9 Å². The van der Waals surface area contributed by atoms with E-state index in [2.05, 4.69) is 192 Å². The van der Waals surface area contributed by atoms with Crippen LogP contribution in [0.25, 0.3) is 91.4 Å². The first kappa shape index (κ1) is 55.8. The molecule has 0 amide bonds. The Balaban J connectivity index is 0.00000765. The second kappa shape index (κ2) is 28.6. The van der Waals surface area contributed by atoms with E-state index in [-0.39, 0.29) is 17.1 Å². The van der Waals surface area contributed by atoms with Crippen LogP contribution >= 0.6 is 0 Å². The Morgan fingerprint density at radius 2 is 0.618 bits per heavy atom. The summed E-state index contributed by atoms with van der Waals surface area (Å²) in [5.74, 6) is 0. The van der Waals surface area contributed by atoms with E-state index in [1.165, 1.54) is 0 Å². The molecule has 0 unspecified atom stereocenters. The fourth-order valence-electron chi connectivity index (χ4n) is 9.67. The second-order valence-corrected chi connectivity index (χ2v) is 19.0. The number of ether oxygens (including phenoxy) is 4. The zero-order valence-electron chi connectivity index (χ0n) is 44.9. The number of rotatable bonds is 27. The maximum absolute atomic E-state index is 6.16. The van der Waals surface area contributed by atoms with Crippen LogP contribution in [-0.4, -0.2) is 62.8 Å². The minimum atomic E-state index is 0. The molecule has 0 aromatic carbocycles. The van der Waals surface area contributed by atoms with Crippen LogP contribution < -0.4 is 28.2 Å². The van der Waals surface area contributed by atoms with Crippen LogP contribution in [0.5, 0.6) is 0 Å². The Labute approximate surface area is 459 Å². The molecule has 7 aromatic rings. The smallest absolute Gasteiger partial charge is 0.656 e. The molecule has 13 heteroatoms. The molecule has 8 bridgehead atoms. The summed E-state index contributed by atoms with van der Waals surface area (Å²) in [7, 11) is 0. The van der Waals surface area contributed by atoms with E-state index in [1.54, 1.807) is 0 Å². The van der Waals surface area contributed by atoms with Gasteiger partial charge in [0.25, 0.3) is 0 Å². The van der Waals surface area contributed by atoms with Crippen LogP contribution in [0.1, 0.15) is 95.4 Å². The zero-order valence-corrected chi connectivity index (χ0v) is 46.1. The molecule has 0 spiro atoms. The van der Waals surface area contributed by atoms with E-state index in [1.807, 2.05) is 0 Å². The summed E-state index contributed by atoms with van der Waals surface area (Å²) in [6.45, 7) is 16.6. The van der Waals surface area contributed by atoms with E-state index < -0.39 is 0 Å². The normalized spacial score (nSPS) is 11.9. The van der Waals surface area contributed by atoms with Gasteiger partial charge in [0.2, 0.25) is 22.8 Å². The monoisotopic (exact) mass is 1060 g/mol. The molecule has 2 aliphatic rings. The largest absolute Gasteiger partial charge is 3.00 e. The summed E-state index contributed by atoms with van der Waals surface area (Å²) < 4.78 is 33.6. The molecule has 9 rings (SSSR count). The summed E-state index contributed by atoms with van der Waals surface area (Å²) in [6.07, 6.45) is 24.4. The molecule has 12 nitrogen and oxygen atoms in total. The Kier molecular flexibility index (Phi) is 21.0. The number of hydrogen-bond acceptors (Lipinski definition) is 6. The summed E-state index contributed by atoms with van der Waals surface area (Å²) in [6, 6.07) is 33.9. The third-order valence-corrected chi connectivity index (χ3v) is 13.6. The number of pyridine rings is 4. The SMILES string of the molecule is CCCCOCC[n+]1ccccc1-c1c2nc(c(-c3cccc[n+]3CCOCCCC)c3ccc([n-]3)c(-c3cccc[n+]3CCOCCCC)c3nc(c(-c4cccc[n+]4CCOCCC)c4ccc1[n-]4)C=C3)C=C2.[Mn+3]. The van der Waals surface area contributed by atoms with Crippen molar-refractivity contribution >= 4 is 46.4 Å². The van der Waals surface area contributed by atoms with Gasteiger partial charge in [-0.05, 0) is 74.3 Å². The topological polar surface area (TPSA) is 106 Å². The molecule has 0 aliphatic carbocycles. The summed E-state index contributed by atoms with van der Waals surface area (Å²) in [5.41, 5.74) is 14.1. The average molecular weight is 1060 g/mol. The van der Waals surface area contributed by atoms with Gasteiger partial charge in [-0.25, -0.2) is 9.97 Å². The van der Waals surface area contributed by atoms with Crippen LogP contribution in [0.2, 0.25) is 0 Å². The quantitative estimate of drug-likeness (QED) is 0.0285. The van der Waals surface area contributed by atoms with Gasteiger partial charge in [0.1, 0.15) is 26.4 Å². The van der Waals surface area contributed by atoms with Crippen molar-refractivity contribution in [1.82, 2.24) is 19.9 Å². The molecule has 0 N–H and O–H groups in total. The first-order valence-corrected chi connectivity index (χ1v) is 27.4. The van der Waals surface area contributed by atoms with Gasteiger partial charge in [-0.3, -0.25) is 0 Å². The minimum absolute atomic E-state index is 0. The Morgan fingerprint density at radius 1 is 0.342 bits per heavy atom. The van der Waals surface area contributed by atoms with Gasteiger partial charge in [-0.2, -0.15) is 18.3 Å². The van der Waals surface area contributed by atoms with Crippen molar-refractivity contribution in [3.8, 4) is 45.0 Å². The number of nitrogens with zero attached hydrogens (tertiary/aromatic N) is 8. The molecule has 0 atom stereocenters. The summed E-state index contributed by atoms with van der Waals surface area (Å²) in [5, 5.41) is 0. The van der Waals surface area contributed by atoms with Crippen molar-refractivity contribution in [2.75, 3.05) is 52.9 Å². The number of unbranched alkanes of at least 4 members (excludes halogenated alkanes) is 3. The number of hydrogen-bond donors (Lipinski definition) is 0. The van der Waals surface area contributed by atoms with Crippen molar-refractivity contribution in [1.29, 1.82) is 0 Å². The molecule has 0 saturated heterocycles. The molecule has 7 aromatic heterocycles. The predicted octanol–water partition coefficient (Wildman–Crippen LogP) is 10.6. The molecule has 0 fully saturated rings. The third-order valence-electron chi connectivity index (χ3n) is 13.6. The van der Waals surface area contributed by atoms with E-state index in [0.29, 0.717) is 59.2 Å². The second-order valence-electron chi connectivity index (χ2n) is 19.0. The van der Waals surface area contributed by atoms with Gasteiger partial charge >= 0.3 is 17.1 Å². The van der Waals surface area contributed by atoms with Crippen LogP contribution in [0.15, 0.2) is 122 Å². The number of fused-ring (bicyclic) bond motifs is 8. The van der Waals surface area contributed by atoms with Gasteiger partial charge in [0.15, 0.2) is 51.0 Å². The molecule has 392 valence electrons. The summed E-state index contributed by atoms with van der Waals surface area (Å²) in [4.78, 5) is 22.5. The van der Waals surface area contributed by atoms with Crippen molar-refractivity contribution in [3.63, 3.8) is 0 Å². The van der Waals surface area contributed by atoms with E-state index >= 15 is 0 Å². The van der Waals surface area contributed by atoms with E-state index in [9.17, 15) is 0 Å². The van der Waals surface area contributed by atoms with Crippen molar-refractivity contribution in [2.24, 2.45) is 0 Å². The standard InChI is InChI=1S/C63H74N8O4.Mn/c1-5-9-41-73-45-37-69-33-17-13-21-57(69)61-50-26-24-48(64-50)60(56-20-12-16-32-68(56)36-44-72-40-8-4)49-25-27-51(65-49)62(58-22-14-18-34-70(58)38-46-74-42-10-6-2)53-29-31-55(67-53)63(54-30-28-52(61)66-54)59-23-15-19-35-71(59)39-47-75-43-11-7-3;/h12-35H,5-11,36-47H2,1-4H3;/q+2;+3. The predicted molar refractivity (Wildman–Crippen MR) is 298 cm³/mol. The fraction of sp³-hybridized carbons (Fsp3) is 0.365. The van der Waals surface area contributed by atoms with Crippen LogP contribution in [0.3, 0.4) is 0 Å². The van der Waals surface area contributed by atoms with Crippen molar-refractivity contribution < 1.29 is 54.3 Å². The van der Waals surface area contributed by atoms with Crippen molar-refractivity contribution in [3.05, 3.63) is 145 Å². The van der Waals surface area contributed by atoms with Gasteiger partial charge in [-0.1, -0.05) is 71.2 Å². The Bertz CT molecular complexity index is 3200.